The summed E-state index contributed by atoms with van der Waals surface area (Å²) >= 11 is 0. The van der Waals surface area contributed by atoms with Gasteiger partial charge < -0.3 is 10.4 Å². The number of rotatable bonds is 33. The summed E-state index contributed by atoms with van der Waals surface area (Å²) in [4.78, 5) is 12.4. The van der Waals surface area contributed by atoms with Crippen molar-refractivity contribution < 1.29 is 22.9 Å². The van der Waals surface area contributed by atoms with Crippen LogP contribution in [-0.4, -0.2) is 41.9 Å². The largest absolute Gasteiger partial charge is 0.391 e. The number of aliphatic hydroxyl groups excluding tert-OH is 1. The van der Waals surface area contributed by atoms with E-state index in [2.05, 4.69) is 19.2 Å². The van der Waals surface area contributed by atoms with E-state index >= 15 is 0 Å². The highest BCUT2D eigenvalue weighted by atomic mass is 32.2. The monoisotopic (exact) mass is 618 g/mol. The second kappa shape index (κ2) is 30.4. The molecule has 0 aromatic rings. The Kier molecular flexibility index (Phi) is 29.9. The van der Waals surface area contributed by atoms with Crippen LogP contribution in [0.1, 0.15) is 200 Å². The predicted molar refractivity (Wildman–Crippen MR) is 180 cm³/mol. The van der Waals surface area contributed by atoms with Gasteiger partial charge in [-0.15, -0.1) is 0 Å². The fourth-order valence-electron chi connectivity index (χ4n) is 5.81. The maximum absolute atomic E-state index is 12.4. The summed E-state index contributed by atoms with van der Waals surface area (Å²) in [5, 5.41) is 13.3. The van der Waals surface area contributed by atoms with Gasteiger partial charge in [0.25, 0.3) is 10.1 Å². The van der Waals surface area contributed by atoms with Crippen molar-refractivity contribution in [2.45, 2.75) is 212 Å². The van der Waals surface area contributed by atoms with Crippen LogP contribution in [0.2, 0.25) is 0 Å². The molecule has 0 aliphatic rings. The van der Waals surface area contributed by atoms with Gasteiger partial charge in [-0.1, -0.05) is 181 Å². The minimum Gasteiger partial charge on any atom is -0.391 e. The van der Waals surface area contributed by atoms with E-state index in [9.17, 15) is 22.9 Å². The Morgan fingerprint density at radius 1 is 0.548 bits per heavy atom. The zero-order chi connectivity index (χ0) is 31.2. The van der Waals surface area contributed by atoms with Gasteiger partial charge in [-0.25, -0.2) is 0 Å². The van der Waals surface area contributed by atoms with Crippen molar-refractivity contribution in [3.05, 3.63) is 0 Å². The Balaban J connectivity index is 3.80. The summed E-state index contributed by atoms with van der Waals surface area (Å²) in [5.41, 5.74) is 0. The van der Waals surface area contributed by atoms with Crippen LogP contribution in [-0.2, 0) is 14.9 Å². The molecule has 0 aromatic carbocycles. The molecule has 0 radical (unpaired) electrons. The fraction of sp³-hybridized carbons (Fsp3) is 0.971. The van der Waals surface area contributed by atoms with E-state index in [4.69, 9.17) is 0 Å². The third-order valence-corrected chi connectivity index (χ3v) is 9.34. The van der Waals surface area contributed by atoms with Crippen LogP contribution in [0.25, 0.3) is 0 Å². The Hall–Kier alpha value is -0.660. The quantitative estimate of drug-likeness (QED) is 0.0502. The summed E-state index contributed by atoms with van der Waals surface area (Å²) in [5.74, 6) is -0.891. The van der Waals surface area contributed by atoms with Gasteiger partial charge in [0, 0.05) is 6.42 Å². The summed E-state index contributed by atoms with van der Waals surface area (Å²) in [7, 11) is -4.29. The first-order valence-electron chi connectivity index (χ1n) is 18.2. The zero-order valence-corrected chi connectivity index (χ0v) is 28.7. The number of unbranched alkanes of at least 4 members (excludes halogenated alkanes) is 25. The summed E-state index contributed by atoms with van der Waals surface area (Å²) in [6, 6.07) is -0.961. The van der Waals surface area contributed by atoms with Gasteiger partial charge >= 0.3 is 0 Å². The van der Waals surface area contributed by atoms with Crippen molar-refractivity contribution >= 4 is 16.0 Å². The van der Waals surface area contributed by atoms with Gasteiger partial charge in [-0.3, -0.25) is 9.35 Å². The summed E-state index contributed by atoms with van der Waals surface area (Å²) < 4.78 is 32.3. The second-order valence-corrected chi connectivity index (χ2v) is 14.4. The maximum atomic E-state index is 12.4. The molecule has 0 bridgehead atoms. The third kappa shape index (κ3) is 30.8. The van der Waals surface area contributed by atoms with Crippen LogP contribution in [0.5, 0.6) is 0 Å². The molecule has 0 aromatic heterocycles. The van der Waals surface area contributed by atoms with Gasteiger partial charge in [-0.2, -0.15) is 8.42 Å². The number of amides is 1. The molecule has 1 amide bonds. The molecular formula is C35H71NO5S. The van der Waals surface area contributed by atoms with Gasteiger partial charge in [-0.05, 0) is 12.8 Å². The predicted octanol–water partition coefficient (Wildman–Crippen LogP) is 10.1. The van der Waals surface area contributed by atoms with E-state index in [-0.39, 0.29) is 5.91 Å². The van der Waals surface area contributed by atoms with E-state index in [0.717, 1.165) is 38.5 Å². The van der Waals surface area contributed by atoms with Crippen molar-refractivity contribution in [1.82, 2.24) is 5.32 Å². The highest BCUT2D eigenvalue weighted by molar-refractivity contribution is 7.85. The molecule has 3 N–H and O–H groups in total. The molecule has 252 valence electrons. The van der Waals surface area contributed by atoms with Crippen LogP contribution >= 0.6 is 0 Å². The minimum atomic E-state index is -4.29. The molecule has 42 heavy (non-hydrogen) atoms. The minimum absolute atomic E-state index is 0.248. The van der Waals surface area contributed by atoms with E-state index in [0.29, 0.717) is 12.8 Å². The lowest BCUT2D eigenvalue weighted by Crippen LogP contribution is -2.47. The van der Waals surface area contributed by atoms with Crippen LogP contribution in [0, 0.1) is 0 Å². The molecule has 6 nitrogen and oxygen atoms in total. The Morgan fingerprint density at radius 3 is 1.19 bits per heavy atom. The molecule has 0 aliphatic carbocycles. The van der Waals surface area contributed by atoms with Gasteiger partial charge in [0.1, 0.15) is 0 Å². The zero-order valence-electron chi connectivity index (χ0n) is 27.9. The SMILES string of the molecule is CCCCCCCCCCCCCCCCCCCCCC(O)C(CS(=O)(=O)O)NC(=O)CCCCCCCCCC. The first-order chi connectivity index (χ1) is 20.3. The van der Waals surface area contributed by atoms with Crippen LogP contribution < -0.4 is 5.32 Å². The van der Waals surface area contributed by atoms with E-state index in [1.807, 2.05) is 0 Å². The first kappa shape index (κ1) is 41.3. The van der Waals surface area contributed by atoms with Crippen LogP contribution in [0.3, 0.4) is 0 Å². The number of aliphatic hydroxyl groups is 1. The first-order valence-corrected chi connectivity index (χ1v) is 19.8. The number of hydrogen-bond acceptors (Lipinski definition) is 4. The third-order valence-electron chi connectivity index (χ3n) is 8.56. The summed E-state index contributed by atoms with van der Waals surface area (Å²) in [6.45, 7) is 4.48. The molecule has 2 atom stereocenters. The summed E-state index contributed by atoms with van der Waals surface area (Å²) in [6.07, 6.45) is 33.5. The molecule has 2 unspecified atom stereocenters. The van der Waals surface area contributed by atoms with E-state index in [1.54, 1.807) is 0 Å². The average Bonchev–Trinajstić information content (AvgIpc) is 2.94. The number of carbonyl (C=O) groups excluding carboxylic acids is 1. The smallest absolute Gasteiger partial charge is 0.266 e. The van der Waals surface area contributed by atoms with E-state index < -0.39 is 28.0 Å². The lowest BCUT2D eigenvalue weighted by atomic mass is 10.0. The molecular weight excluding hydrogens is 546 g/mol. The van der Waals surface area contributed by atoms with Crippen molar-refractivity contribution in [3.63, 3.8) is 0 Å². The lowest BCUT2D eigenvalue weighted by Gasteiger charge is -2.23. The van der Waals surface area contributed by atoms with Crippen molar-refractivity contribution in [3.8, 4) is 0 Å². The molecule has 0 heterocycles. The Bertz CT molecular complexity index is 685. The molecule has 0 spiro atoms. The molecule has 0 saturated carbocycles. The number of hydrogen-bond donors (Lipinski definition) is 3. The van der Waals surface area contributed by atoms with Crippen molar-refractivity contribution in [1.29, 1.82) is 0 Å². The second-order valence-electron chi connectivity index (χ2n) is 12.9. The van der Waals surface area contributed by atoms with Crippen LogP contribution in [0.15, 0.2) is 0 Å². The number of carbonyl (C=O) groups is 1. The standard InChI is InChI=1S/C35H71NO5S/c1-3-5-7-9-11-13-14-15-16-17-18-19-20-21-22-23-24-26-28-30-34(37)33(32-42(39,40)41)36-35(38)31-29-27-25-12-10-8-6-4-2/h33-34,37H,3-32H2,1-2H3,(H,36,38)(H,39,40,41). The van der Waals surface area contributed by atoms with Crippen molar-refractivity contribution in [2.24, 2.45) is 0 Å². The Morgan fingerprint density at radius 2 is 0.857 bits per heavy atom. The maximum Gasteiger partial charge on any atom is 0.266 e. The molecule has 0 rings (SSSR count). The van der Waals surface area contributed by atoms with E-state index in [1.165, 1.54) is 135 Å². The average molecular weight is 618 g/mol. The fourth-order valence-corrected chi connectivity index (χ4v) is 6.57. The van der Waals surface area contributed by atoms with Gasteiger partial charge in [0.15, 0.2) is 0 Å². The number of nitrogens with one attached hydrogen (secondary N) is 1. The topological polar surface area (TPSA) is 104 Å². The molecule has 7 heteroatoms. The highest BCUT2D eigenvalue weighted by Gasteiger charge is 2.26. The van der Waals surface area contributed by atoms with Gasteiger partial charge in [0.2, 0.25) is 5.91 Å². The van der Waals surface area contributed by atoms with Gasteiger partial charge in [0.05, 0.1) is 17.9 Å². The lowest BCUT2D eigenvalue weighted by molar-refractivity contribution is -0.122. The molecule has 0 saturated heterocycles. The molecule has 0 fully saturated rings. The Labute approximate surface area is 261 Å². The normalized spacial score (nSPS) is 13.3. The highest BCUT2D eigenvalue weighted by Crippen LogP contribution is 2.16. The van der Waals surface area contributed by atoms with Crippen molar-refractivity contribution in [2.75, 3.05) is 5.75 Å². The van der Waals surface area contributed by atoms with Crippen LogP contribution in [0.4, 0.5) is 0 Å². The molecule has 0 aliphatic heterocycles.